The molecule has 0 unspecified atom stereocenters. The number of nitrogens with one attached hydrogen (secondary N) is 1. The Morgan fingerprint density at radius 3 is 2.48 bits per heavy atom. The summed E-state index contributed by atoms with van der Waals surface area (Å²) in [4.78, 5) is 11.2. The smallest absolute Gasteiger partial charge is 0.337 e. The topological polar surface area (TPSA) is 67.8 Å². The number of carboxylic acid groups (broad SMARTS) is 1. The second-order valence-electron chi connectivity index (χ2n) is 6.34. The molecule has 0 atom stereocenters. The van der Waals surface area contributed by atoms with E-state index in [0.717, 1.165) is 11.1 Å². The average Bonchev–Trinajstić information content (AvgIpc) is 2.73. The van der Waals surface area contributed by atoms with E-state index in [0.29, 0.717) is 36.9 Å². The Bertz CT molecular complexity index is 976. The Balaban J connectivity index is 1.69. The molecular formula is C23H22ClNO4. The molecule has 0 aliphatic carbocycles. The fourth-order valence-electron chi connectivity index (χ4n) is 2.79. The predicted octanol–water partition coefficient (Wildman–Crippen LogP) is 5.63. The maximum atomic E-state index is 11.2. The molecule has 0 aromatic heterocycles. The Labute approximate surface area is 174 Å². The highest BCUT2D eigenvalue weighted by atomic mass is 35.5. The number of ether oxygens (including phenoxy) is 2. The molecule has 150 valence electrons. The third-order valence-electron chi connectivity index (χ3n) is 4.24. The molecule has 3 aromatic carbocycles. The zero-order chi connectivity index (χ0) is 20.6. The van der Waals surface area contributed by atoms with Gasteiger partial charge in [0.05, 0.1) is 17.2 Å². The van der Waals surface area contributed by atoms with E-state index in [2.05, 4.69) is 5.32 Å². The zero-order valence-electron chi connectivity index (χ0n) is 16.0. The molecule has 0 amide bonds. The monoisotopic (exact) mass is 411 g/mol. The molecule has 0 heterocycles. The molecule has 6 heteroatoms. The van der Waals surface area contributed by atoms with Crippen molar-refractivity contribution in [2.45, 2.75) is 20.1 Å². The molecule has 2 N–H and O–H groups in total. The van der Waals surface area contributed by atoms with Crippen LogP contribution in [0, 0.1) is 0 Å². The molecule has 3 aromatic rings. The molecular weight excluding hydrogens is 390 g/mol. The van der Waals surface area contributed by atoms with Gasteiger partial charge in [0, 0.05) is 12.2 Å². The van der Waals surface area contributed by atoms with Crippen LogP contribution in [0.3, 0.4) is 0 Å². The van der Waals surface area contributed by atoms with Gasteiger partial charge in [0.15, 0.2) is 11.5 Å². The lowest BCUT2D eigenvalue weighted by atomic mass is 10.1. The number of hydrogen-bond donors (Lipinski definition) is 2. The predicted molar refractivity (Wildman–Crippen MR) is 114 cm³/mol. The van der Waals surface area contributed by atoms with Crippen LogP contribution in [0.15, 0.2) is 66.7 Å². The van der Waals surface area contributed by atoms with Crippen LogP contribution < -0.4 is 14.8 Å². The molecule has 0 spiro atoms. The van der Waals surface area contributed by atoms with Crippen LogP contribution in [0.25, 0.3) is 0 Å². The van der Waals surface area contributed by atoms with Gasteiger partial charge < -0.3 is 19.9 Å². The normalized spacial score (nSPS) is 10.4. The van der Waals surface area contributed by atoms with Crippen LogP contribution in [0.4, 0.5) is 5.69 Å². The van der Waals surface area contributed by atoms with Gasteiger partial charge in [-0.2, -0.15) is 0 Å². The number of aromatic carboxylic acids is 1. The van der Waals surface area contributed by atoms with E-state index < -0.39 is 5.97 Å². The van der Waals surface area contributed by atoms with Gasteiger partial charge in [-0.15, -0.1) is 0 Å². The Morgan fingerprint density at radius 2 is 1.76 bits per heavy atom. The minimum absolute atomic E-state index is 0.0660. The summed E-state index contributed by atoms with van der Waals surface area (Å²) in [5.41, 5.74) is 2.80. The summed E-state index contributed by atoms with van der Waals surface area (Å²) in [6.07, 6.45) is 0. The van der Waals surface area contributed by atoms with Gasteiger partial charge in [0.2, 0.25) is 0 Å². The van der Waals surface area contributed by atoms with Gasteiger partial charge in [-0.3, -0.25) is 0 Å². The number of hydrogen-bond acceptors (Lipinski definition) is 4. The molecule has 29 heavy (non-hydrogen) atoms. The number of rotatable bonds is 9. The van der Waals surface area contributed by atoms with Crippen molar-refractivity contribution in [2.24, 2.45) is 0 Å². The lowest BCUT2D eigenvalue weighted by molar-refractivity contribution is 0.0697. The maximum Gasteiger partial charge on any atom is 0.337 e. The van der Waals surface area contributed by atoms with Crippen LogP contribution in [-0.2, 0) is 13.2 Å². The molecule has 3 rings (SSSR count). The van der Waals surface area contributed by atoms with Crippen molar-refractivity contribution < 1.29 is 19.4 Å². The van der Waals surface area contributed by atoms with Crippen LogP contribution in [-0.4, -0.2) is 17.7 Å². The van der Waals surface area contributed by atoms with Crippen molar-refractivity contribution in [1.29, 1.82) is 0 Å². The van der Waals surface area contributed by atoms with E-state index in [9.17, 15) is 9.90 Å². The molecule has 0 fully saturated rings. The van der Waals surface area contributed by atoms with Crippen molar-refractivity contribution in [3.63, 3.8) is 0 Å². The van der Waals surface area contributed by atoms with E-state index in [-0.39, 0.29) is 10.6 Å². The molecule has 0 aliphatic heterocycles. The summed E-state index contributed by atoms with van der Waals surface area (Å²) >= 11 is 5.92. The fourth-order valence-corrected chi connectivity index (χ4v) is 2.99. The maximum absolute atomic E-state index is 11.2. The van der Waals surface area contributed by atoms with Gasteiger partial charge in [0.1, 0.15) is 6.61 Å². The minimum atomic E-state index is -1.06. The zero-order valence-corrected chi connectivity index (χ0v) is 16.8. The summed E-state index contributed by atoms with van der Waals surface area (Å²) < 4.78 is 11.7. The number of carbonyl (C=O) groups is 1. The summed E-state index contributed by atoms with van der Waals surface area (Å²) in [6, 6.07) is 20.5. The van der Waals surface area contributed by atoms with E-state index in [1.54, 1.807) is 12.1 Å². The molecule has 5 nitrogen and oxygen atoms in total. The van der Waals surface area contributed by atoms with Crippen molar-refractivity contribution in [3.8, 4) is 11.5 Å². The first-order valence-electron chi connectivity index (χ1n) is 9.26. The minimum Gasteiger partial charge on any atom is -0.490 e. The number of anilines is 1. The largest absolute Gasteiger partial charge is 0.490 e. The third-order valence-corrected chi connectivity index (χ3v) is 4.57. The summed E-state index contributed by atoms with van der Waals surface area (Å²) in [5.74, 6) is 0.293. The summed E-state index contributed by atoms with van der Waals surface area (Å²) in [5, 5.41) is 12.6. The molecule has 0 saturated carbocycles. The SMILES string of the molecule is CCOc1cc(CNc2ccc(Cl)c(C(=O)O)c2)ccc1OCc1ccccc1. The summed E-state index contributed by atoms with van der Waals surface area (Å²) in [6.45, 7) is 3.41. The first-order valence-corrected chi connectivity index (χ1v) is 9.63. The molecule has 0 bridgehead atoms. The Morgan fingerprint density at radius 1 is 0.966 bits per heavy atom. The van der Waals surface area contributed by atoms with Gasteiger partial charge in [-0.05, 0) is 48.4 Å². The summed E-state index contributed by atoms with van der Waals surface area (Å²) in [7, 11) is 0. The van der Waals surface area contributed by atoms with Gasteiger partial charge in [-0.1, -0.05) is 48.0 Å². The number of halogens is 1. The molecule has 0 saturated heterocycles. The highest BCUT2D eigenvalue weighted by Gasteiger charge is 2.10. The standard InChI is InChI=1S/C23H22ClNO4/c1-2-28-22-12-17(8-11-21(22)29-15-16-6-4-3-5-7-16)14-25-18-9-10-20(24)19(13-18)23(26)27/h3-13,25H,2,14-15H2,1H3,(H,26,27). The number of benzene rings is 3. The van der Waals surface area contributed by atoms with Crippen LogP contribution in [0.1, 0.15) is 28.4 Å². The Hall–Kier alpha value is -3.18. The molecule has 0 radical (unpaired) electrons. The van der Waals surface area contributed by atoms with E-state index in [1.807, 2.05) is 55.5 Å². The van der Waals surface area contributed by atoms with Crippen molar-refractivity contribution in [2.75, 3.05) is 11.9 Å². The quantitative estimate of drug-likeness (QED) is 0.477. The molecule has 0 aliphatic rings. The highest BCUT2D eigenvalue weighted by molar-refractivity contribution is 6.33. The Kier molecular flexibility index (Phi) is 6.98. The van der Waals surface area contributed by atoms with Crippen molar-refractivity contribution in [1.82, 2.24) is 0 Å². The average molecular weight is 412 g/mol. The third kappa shape index (κ3) is 5.65. The van der Waals surface area contributed by atoms with Crippen LogP contribution in [0.2, 0.25) is 5.02 Å². The fraction of sp³-hybridized carbons (Fsp3) is 0.174. The van der Waals surface area contributed by atoms with Gasteiger partial charge in [0.25, 0.3) is 0 Å². The first kappa shape index (κ1) is 20.6. The second-order valence-corrected chi connectivity index (χ2v) is 6.75. The highest BCUT2D eigenvalue weighted by Crippen LogP contribution is 2.30. The van der Waals surface area contributed by atoms with Crippen molar-refractivity contribution >= 4 is 23.3 Å². The first-order chi connectivity index (χ1) is 14.1. The lowest BCUT2D eigenvalue weighted by Crippen LogP contribution is -2.04. The van der Waals surface area contributed by atoms with Gasteiger partial charge >= 0.3 is 5.97 Å². The number of carboxylic acids is 1. The van der Waals surface area contributed by atoms with Crippen molar-refractivity contribution in [3.05, 3.63) is 88.4 Å². The second kappa shape index (κ2) is 9.85. The van der Waals surface area contributed by atoms with Gasteiger partial charge in [-0.25, -0.2) is 4.79 Å². The van der Waals surface area contributed by atoms with E-state index in [4.69, 9.17) is 21.1 Å². The van der Waals surface area contributed by atoms with E-state index >= 15 is 0 Å². The van der Waals surface area contributed by atoms with Crippen LogP contribution >= 0.6 is 11.6 Å². The lowest BCUT2D eigenvalue weighted by Gasteiger charge is -2.14. The van der Waals surface area contributed by atoms with E-state index in [1.165, 1.54) is 6.07 Å². The van der Waals surface area contributed by atoms with Crippen LogP contribution in [0.5, 0.6) is 11.5 Å².